The first-order valence-electron chi connectivity index (χ1n) is 9.67. The van der Waals surface area contributed by atoms with E-state index in [2.05, 4.69) is 19.2 Å². The van der Waals surface area contributed by atoms with Crippen LogP contribution in [0, 0.1) is 5.92 Å². The van der Waals surface area contributed by atoms with Crippen molar-refractivity contribution in [3.63, 3.8) is 0 Å². The first-order chi connectivity index (χ1) is 14.0. The highest BCUT2D eigenvalue weighted by molar-refractivity contribution is 8.00. The first kappa shape index (κ1) is 20.1. The second-order valence-electron chi connectivity index (χ2n) is 7.53. The standard InChI is InChI=1S/C21H24N2O4S2/c1-13(2)8-19-23(21(25)18-4-3-7-28-18)15(11-29-19)20(24)22-10-14-5-6-16-17(9-14)27-12-26-16/h3-7,9,13,15,19H,8,10-12H2,1-2H3,(H,22,24). The predicted octanol–water partition coefficient (Wildman–Crippen LogP) is 3.72. The molecule has 2 unspecified atom stereocenters. The van der Waals surface area contributed by atoms with E-state index in [-0.39, 0.29) is 24.0 Å². The summed E-state index contributed by atoms with van der Waals surface area (Å²) in [6.45, 7) is 4.89. The van der Waals surface area contributed by atoms with Gasteiger partial charge in [-0.15, -0.1) is 23.1 Å². The van der Waals surface area contributed by atoms with Gasteiger partial charge in [-0.1, -0.05) is 26.0 Å². The predicted molar refractivity (Wildman–Crippen MR) is 114 cm³/mol. The van der Waals surface area contributed by atoms with E-state index in [1.165, 1.54) is 11.3 Å². The second-order valence-corrected chi connectivity index (χ2v) is 9.69. The Morgan fingerprint density at radius 3 is 2.83 bits per heavy atom. The molecule has 2 atom stereocenters. The molecule has 0 spiro atoms. The fourth-order valence-corrected chi connectivity index (χ4v) is 5.82. The van der Waals surface area contributed by atoms with Crippen LogP contribution in [0.25, 0.3) is 0 Å². The molecule has 1 fully saturated rings. The van der Waals surface area contributed by atoms with E-state index >= 15 is 0 Å². The summed E-state index contributed by atoms with van der Waals surface area (Å²) in [4.78, 5) is 28.6. The van der Waals surface area contributed by atoms with Gasteiger partial charge in [-0.3, -0.25) is 9.59 Å². The van der Waals surface area contributed by atoms with Crippen LogP contribution in [-0.2, 0) is 11.3 Å². The number of ether oxygens (including phenoxy) is 2. The van der Waals surface area contributed by atoms with Gasteiger partial charge in [0.05, 0.1) is 10.3 Å². The van der Waals surface area contributed by atoms with Crippen molar-refractivity contribution in [2.75, 3.05) is 12.5 Å². The summed E-state index contributed by atoms with van der Waals surface area (Å²) in [6.07, 6.45) is 0.869. The highest BCUT2D eigenvalue weighted by Gasteiger charge is 2.42. The average molecular weight is 433 g/mol. The van der Waals surface area contributed by atoms with Gasteiger partial charge in [-0.25, -0.2) is 0 Å². The van der Waals surface area contributed by atoms with E-state index in [0.717, 1.165) is 17.7 Å². The minimum absolute atomic E-state index is 0.0193. The molecule has 0 bridgehead atoms. The maximum atomic E-state index is 13.1. The topological polar surface area (TPSA) is 67.9 Å². The lowest BCUT2D eigenvalue weighted by Crippen LogP contribution is -2.49. The summed E-state index contributed by atoms with van der Waals surface area (Å²) in [7, 11) is 0. The number of amides is 2. The molecule has 2 aliphatic heterocycles. The molecular formula is C21H24N2O4S2. The third-order valence-corrected chi connectivity index (χ3v) is 7.11. The third-order valence-electron chi connectivity index (χ3n) is 4.94. The van der Waals surface area contributed by atoms with E-state index in [0.29, 0.717) is 28.8 Å². The fraction of sp³-hybridized carbons (Fsp3) is 0.429. The zero-order valence-corrected chi connectivity index (χ0v) is 18.1. The number of benzene rings is 1. The normalized spacial score (nSPS) is 20.3. The molecule has 1 saturated heterocycles. The number of hydrogen-bond donors (Lipinski definition) is 1. The molecule has 4 rings (SSSR count). The number of thiophene rings is 1. The van der Waals surface area contributed by atoms with Gasteiger partial charge in [0.2, 0.25) is 12.7 Å². The lowest BCUT2D eigenvalue weighted by molar-refractivity contribution is -0.125. The van der Waals surface area contributed by atoms with Crippen LogP contribution >= 0.6 is 23.1 Å². The van der Waals surface area contributed by atoms with Crippen molar-refractivity contribution in [3.05, 3.63) is 46.2 Å². The second kappa shape index (κ2) is 8.67. The van der Waals surface area contributed by atoms with Gasteiger partial charge in [-0.05, 0) is 41.5 Å². The molecule has 0 radical (unpaired) electrons. The maximum absolute atomic E-state index is 13.1. The van der Waals surface area contributed by atoms with Crippen LogP contribution in [0.5, 0.6) is 11.5 Å². The van der Waals surface area contributed by atoms with Crippen molar-refractivity contribution < 1.29 is 19.1 Å². The Kier molecular flexibility index (Phi) is 6.01. The molecule has 2 amide bonds. The molecule has 0 saturated carbocycles. The zero-order chi connectivity index (χ0) is 20.4. The van der Waals surface area contributed by atoms with E-state index in [1.807, 2.05) is 35.7 Å². The number of carbonyl (C=O) groups excluding carboxylic acids is 2. The van der Waals surface area contributed by atoms with Crippen LogP contribution in [0.1, 0.15) is 35.5 Å². The minimum Gasteiger partial charge on any atom is -0.454 e. The number of thioether (sulfide) groups is 1. The summed E-state index contributed by atoms with van der Waals surface area (Å²) < 4.78 is 10.7. The summed E-state index contributed by atoms with van der Waals surface area (Å²) >= 11 is 3.11. The number of hydrogen-bond acceptors (Lipinski definition) is 6. The van der Waals surface area contributed by atoms with Crippen LogP contribution in [0.2, 0.25) is 0 Å². The molecule has 1 aromatic heterocycles. The largest absolute Gasteiger partial charge is 0.454 e. The average Bonchev–Trinajstić information content (AvgIpc) is 3.44. The summed E-state index contributed by atoms with van der Waals surface area (Å²) in [5.41, 5.74) is 0.933. The number of nitrogens with one attached hydrogen (secondary N) is 1. The Morgan fingerprint density at radius 2 is 2.07 bits per heavy atom. The van der Waals surface area contributed by atoms with E-state index < -0.39 is 6.04 Å². The molecule has 29 heavy (non-hydrogen) atoms. The van der Waals surface area contributed by atoms with Crippen molar-refractivity contribution in [2.45, 2.75) is 38.2 Å². The molecule has 1 aromatic carbocycles. The summed E-state index contributed by atoms with van der Waals surface area (Å²) in [6, 6.07) is 8.86. The minimum atomic E-state index is -0.465. The highest BCUT2D eigenvalue weighted by Crippen LogP contribution is 2.36. The van der Waals surface area contributed by atoms with E-state index in [4.69, 9.17) is 9.47 Å². The maximum Gasteiger partial charge on any atom is 0.265 e. The summed E-state index contributed by atoms with van der Waals surface area (Å²) in [5, 5.41) is 4.91. The van der Waals surface area contributed by atoms with Gasteiger partial charge in [0.15, 0.2) is 11.5 Å². The van der Waals surface area contributed by atoms with Gasteiger partial charge >= 0.3 is 0 Å². The molecular weight excluding hydrogens is 408 g/mol. The molecule has 6 nitrogen and oxygen atoms in total. The van der Waals surface area contributed by atoms with Crippen LogP contribution < -0.4 is 14.8 Å². The monoisotopic (exact) mass is 432 g/mol. The Bertz CT molecular complexity index is 885. The molecule has 2 aliphatic rings. The Balaban J connectivity index is 1.46. The van der Waals surface area contributed by atoms with Gasteiger partial charge in [0.1, 0.15) is 6.04 Å². The van der Waals surface area contributed by atoms with E-state index in [1.54, 1.807) is 16.7 Å². The number of rotatable bonds is 6. The Morgan fingerprint density at radius 1 is 1.24 bits per heavy atom. The van der Waals surface area contributed by atoms with Crippen LogP contribution in [0.15, 0.2) is 35.7 Å². The third kappa shape index (κ3) is 4.38. The smallest absolute Gasteiger partial charge is 0.265 e. The van der Waals surface area contributed by atoms with E-state index in [9.17, 15) is 9.59 Å². The van der Waals surface area contributed by atoms with Crippen molar-refractivity contribution in [1.29, 1.82) is 0 Å². The van der Waals surface area contributed by atoms with Gasteiger partial charge in [-0.2, -0.15) is 0 Å². The number of carbonyl (C=O) groups is 2. The first-order valence-corrected chi connectivity index (χ1v) is 11.6. The van der Waals surface area contributed by atoms with Gasteiger partial charge < -0.3 is 19.7 Å². The number of nitrogens with zero attached hydrogens (tertiary/aromatic N) is 1. The van der Waals surface area contributed by atoms with Crippen molar-refractivity contribution in [2.24, 2.45) is 5.92 Å². The Labute approximate surface area is 178 Å². The lowest BCUT2D eigenvalue weighted by atomic mass is 10.1. The number of fused-ring (bicyclic) bond motifs is 1. The zero-order valence-electron chi connectivity index (χ0n) is 16.4. The molecule has 8 heteroatoms. The molecule has 2 aromatic rings. The van der Waals surface area contributed by atoms with Crippen LogP contribution in [0.4, 0.5) is 0 Å². The van der Waals surface area contributed by atoms with Crippen molar-refractivity contribution >= 4 is 34.9 Å². The fourth-order valence-electron chi connectivity index (χ4n) is 3.51. The van der Waals surface area contributed by atoms with Crippen LogP contribution in [-0.4, -0.2) is 40.7 Å². The highest BCUT2D eigenvalue weighted by atomic mass is 32.2. The SMILES string of the molecule is CC(C)CC1SCC(C(=O)NCc2ccc3c(c2)OCO3)N1C(=O)c1cccs1. The van der Waals surface area contributed by atoms with Crippen molar-refractivity contribution in [1.82, 2.24) is 10.2 Å². The van der Waals surface area contributed by atoms with Gasteiger partial charge in [0, 0.05) is 12.3 Å². The summed E-state index contributed by atoms with van der Waals surface area (Å²) in [5.74, 6) is 2.30. The molecule has 3 heterocycles. The molecule has 0 aliphatic carbocycles. The molecule has 1 N–H and O–H groups in total. The van der Waals surface area contributed by atoms with Gasteiger partial charge in [0.25, 0.3) is 5.91 Å². The Hall–Kier alpha value is -2.19. The molecule has 154 valence electrons. The van der Waals surface area contributed by atoms with Crippen LogP contribution in [0.3, 0.4) is 0 Å². The quantitative estimate of drug-likeness (QED) is 0.754. The lowest BCUT2D eigenvalue weighted by Gasteiger charge is -2.29. The van der Waals surface area contributed by atoms with Crippen molar-refractivity contribution in [3.8, 4) is 11.5 Å².